The fourth-order valence-electron chi connectivity index (χ4n) is 5.33. The Labute approximate surface area is 244 Å². The number of rotatable bonds is 7. The molecule has 0 radical (unpaired) electrons. The minimum absolute atomic E-state index is 0.0902. The van der Waals surface area contributed by atoms with Gasteiger partial charge in [-0.05, 0) is 54.4 Å². The molecule has 216 valence electrons. The lowest BCUT2D eigenvalue weighted by Gasteiger charge is -2.32. The van der Waals surface area contributed by atoms with E-state index >= 15 is 0 Å². The number of fused-ring (bicyclic) bond motifs is 2. The highest BCUT2D eigenvalue weighted by Crippen LogP contribution is 2.26. The van der Waals surface area contributed by atoms with Crippen molar-refractivity contribution in [2.75, 3.05) is 56.5 Å². The molecule has 0 atom stereocenters. The number of imidazole rings is 1. The molecule has 2 saturated heterocycles. The lowest BCUT2D eigenvalue weighted by atomic mass is 10.1. The van der Waals surface area contributed by atoms with E-state index in [1.165, 1.54) is 6.07 Å². The standard InChI is InChI=1S/C27H31BrF2N10O/c1-17(25(41)37-8-4-3-5-9-37)16-39-20-7-6-19(29)22(30)23(20)33-21(39)15-31-26-35-27(38-12-10-36(2)11-13-38)34-24-18(28)14-32-40(24)26/h6-7,14H,1,3-5,8-13,15-16H2,2H3,(H,31,34,35). The van der Waals surface area contributed by atoms with Crippen molar-refractivity contribution in [3.8, 4) is 0 Å². The van der Waals surface area contributed by atoms with E-state index in [0.717, 1.165) is 56.0 Å². The van der Waals surface area contributed by atoms with Gasteiger partial charge < -0.3 is 24.6 Å². The summed E-state index contributed by atoms with van der Waals surface area (Å²) in [6, 6.07) is 2.54. The molecule has 2 aliphatic rings. The molecule has 1 amide bonds. The molecule has 0 unspecified atom stereocenters. The normalized spacial score (nSPS) is 16.6. The molecule has 2 aliphatic heterocycles. The first kappa shape index (κ1) is 27.5. The maximum Gasteiger partial charge on any atom is 0.250 e. The molecule has 1 aromatic carbocycles. The van der Waals surface area contributed by atoms with E-state index in [1.54, 1.807) is 20.2 Å². The number of nitrogens with one attached hydrogen (secondary N) is 1. The van der Waals surface area contributed by atoms with Crippen LogP contribution in [-0.4, -0.2) is 91.2 Å². The molecule has 5 heterocycles. The van der Waals surface area contributed by atoms with Gasteiger partial charge in [0.15, 0.2) is 17.3 Å². The average molecular weight is 630 g/mol. The van der Waals surface area contributed by atoms with Crippen molar-refractivity contribution in [3.63, 3.8) is 0 Å². The summed E-state index contributed by atoms with van der Waals surface area (Å²) in [6.07, 6.45) is 4.66. The summed E-state index contributed by atoms with van der Waals surface area (Å²) >= 11 is 3.52. The Morgan fingerprint density at radius 3 is 2.56 bits per heavy atom. The van der Waals surface area contributed by atoms with Crippen LogP contribution in [0, 0.1) is 11.6 Å². The van der Waals surface area contributed by atoms with Crippen LogP contribution in [0.15, 0.2) is 35.0 Å². The van der Waals surface area contributed by atoms with E-state index < -0.39 is 11.6 Å². The number of benzene rings is 1. The van der Waals surface area contributed by atoms with Crippen molar-refractivity contribution < 1.29 is 13.6 Å². The first-order chi connectivity index (χ1) is 19.8. The molecular weight excluding hydrogens is 598 g/mol. The number of anilines is 2. The Kier molecular flexibility index (Phi) is 7.60. The molecule has 14 heteroatoms. The monoisotopic (exact) mass is 628 g/mol. The highest BCUT2D eigenvalue weighted by Gasteiger charge is 2.24. The second kappa shape index (κ2) is 11.3. The molecule has 0 aliphatic carbocycles. The van der Waals surface area contributed by atoms with Crippen molar-refractivity contribution in [3.05, 3.63) is 52.4 Å². The van der Waals surface area contributed by atoms with Gasteiger partial charge in [-0.2, -0.15) is 19.6 Å². The lowest BCUT2D eigenvalue weighted by molar-refractivity contribution is -0.128. The van der Waals surface area contributed by atoms with Gasteiger partial charge in [0, 0.05) is 44.8 Å². The summed E-state index contributed by atoms with van der Waals surface area (Å²) in [7, 11) is 2.08. The number of hydrogen-bond acceptors (Lipinski definition) is 8. The van der Waals surface area contributed by atoms with Crippen LogP contribution < -0.4 is 10.2 Å². The number of likely N-dealkylation sites (tertiary alicyclic amines) is 1. The van der Waals surface area contributed by atoms with Gasteiger partial charge in [0.05, 0.1) is 29.3 Å². The van der Waals surface area contributed by atoms with Crippen molar-refractivity contribution in [1.82, 2.24) is 38.9 Å². The van der Waals surface area contributed by atoms with Gasteiger partial charge in [0.1, 0.15) is 11.3 Å². The molecule has 4 aromatic rings. The van der Waals surface area contributed by atoms with Crippen LogP contribution in [0.25, 0.3) is 16.7 Å². The zero-order valence-electron chi connectivity index (χ0n) is 22.8. The minimum atomic E-state index is -1.03. The molecule has 11 nitrogen and oxygen atoms in total. The van der Waals surface area contributed by atoms with E-state index in [-0.39, 0.29) is 24.5 Å². The van der Waals surface area contributed by atoms with E-state index in [9.17, 15) is 13.6 Å². The summed E-state index contributed by atoms with van der Waals surface area (Å²) < 4.78 is 33.0. The van der Waals surface area contributed by atoms with Crippen LogP contribution in [0.4, 0.5) is 20.7 Å². The highest BCUT2D eigenvalue weighted by molar-refractivity contribution is 9.10. The zero-order valence-corrected chi connectivity index (χ0v) is 24.4. The van der Waals surface area contributed by atoms with Gasteiger partial charge in [-0.3, -0.25) is 4.79 Å². The summed E-state index contributed by atoms with van der Waals surface area (Å²) in [5.74, 6) is -0.770. The molecule has 41 heavy (non-hydrogen) atoms. The Balaban J connectivity index is 1.32. The first-order valence-corrected chi connectivity index (χ1v) is 14.5. The Morgan fingerprint density at radius 2 is 1.80 bits per heavy atom. The number of carbonyl (C=O) groups excluding carboxylic acids is 1. The van der Waals surface area contributed by atoms with Crippen molar-refractivity contribution in [2.45, 2.75) is 32.4 Å². The second-order valence-corrected chi connectivity index (χ2v) is 11.4. The van der Waals surface area contributed by atoms with Crippen LogP contribution in [0.5, 0.6) is 0 Å². The molecule has 1 N–H and O–H groups in total. The smallest absolute Gasteiger partial charge is 0.250 e. The van der Waals surface area contributed by atoms with Crippen LogP contribution in [0.3, 0.4) is 0 Å². The van der Waals surface area contributed by atoms with Gasteiger partial charge in [0.2, 0.25) is 11.9 Å². The lowest BCUT2D eigenvalue weighted by Crippen LogP contribution is -2.45. The fourth-order valence-corrected chi connectivity index (χ4v) is 5.68. The average Bonchev–Trinajstić information content (AvgIpc) is 3.54. The van der Waals surface area contributed by atoms with Crippen LogP contribution in [0.1, 0.15) is 25.1 Å². The number of likely N-dealkylation sites (N-methyl/N-ethyl adjacent to an activating group) is 1. The van der Waals surface area contributed by atoms with Gasteiger partial charge in [-0.15, -0.1) is 0 Å². The number of hydrogen-bond donors (Lipinski definition) is 1. The van der Waals surface area contributed by atoms with Crippen molar-refractivity contribution >= 4 is 50.4 Å². The number of aromatic nitrogens is 6. The predicted octanol–water partition coefficient (Wildman–Crippen LogP) is 3.45. The Hall–Kier alpha value is -3.65. The fraction of sp³-hybridized carbons (Fsp3) is 0.444. The largest absolute Gasteiger partial charge is 0.347 e. The summed E-state index contributed by atoms with van der Waals surface area (Å²) in [4.78, 5) is 33.2. The number of amides is 1. The Morgan fingerprint density at radius 1 is 1.05 bits per heavy atom. The third-order valence-electron chi connectivity index (χ3n) is 7.69. The predicted molar refractivity (Wildman–Crippen MR) is 155 cm³/mol. The molecular formula is C27H31BrF2N10O. The van der Waals surface area contributed by atoms with E-state index in [2.05, 4.69) is 54.8 Å². The van der Waals surface area contributed by atoms with Crippen LogP contribution in [0.2, 0.25) is 0 Å². The maximum absolute atomic E-state index is 14.8. The summed E-state index contributed by atoms with van der Waals surface area (Å²) in [5.41, 5.74) is 1.22. The summed E-state index contributed by atoms with van der Waals surface area (Å²) in [6.45, 7) is 8.97. The maximum atomic E-state index is 14.8. The topological polar surface area (TPSA) is 99.7 Å². The third-order valence-corrected chi connectivity index (χ3v) is 8.25. The number of nitrogens with zero attached hydrogens (tertiary/aromatic N) is 9. The molecule has 6 rings (SSSR count). The highest BCUT2D eigenvalue weighted by atomic mass is 79.9. The second-order valence-electron chi connectivity index (χ2n) is 10.5. The van der Waals surface area contributed by atoms with Crippen molar-refractivity contribution in [1.29, 1.82) is 0 Å². The Bertz CT molecular complexity index is 1620. The zero-order chi connectivity index (χ0) is 28.7. The third kappa shape index (κ3) is 5.37. The number of piperidine rings is 1. The number of carbonyl (C=O) groups is 1. The van der Waals surface area contributed by atoms with Crippen molar-refractivity contribution in [2.24, 2.45) is 0 Å². The van der Waals surface area contributed by atoms with Gasteiger partial charge in [-0.25, -0.2) is 13.8 Å². The van der Waals surface area contributed by atoms with E-state index in [0.29, 0.717) is 47.5 Å². The van der Waals surface area contributed by atoms with E-state index in [1.807, 2.05) is 0 Å². The first-order valence-electron chi connectivity index (χ1n) is 13.7. The van der Waals surface area contributed by atoms with Gasteiger partial charge in [0.25, 0.3) is 5.91 Å². The molecule has 0 bridgehead atoms. The number of piperazine rings is 1. The molecule has 3 aromatic heterocycles. The molecule has 0 saturated carbocycles. The quantitative estimate of drug-likeness (QED) is 0.311. The van der Waals surface area contributed by atoms with Gasteiger partial charge in [-0.1, -0.05) is 6.58 Å². The SMILES string of the molecule is C=C(Cn1c(CNc2nc(N3CCN(C)CC3)nc3c(Br)cnn23)nc2c(F)c(F)ccc21)C(=O)N1CCCCC1. The molecule has 2 fully saturated rings. The van der Waals surface area contributed by atoms with E-state index in [4.69, 9.17) is 9.97 Å². The van der Waals surface area contributed by atoms with Crippen LogP contribution in [-0.2, 0) is 17.9 Å². The summed E-state index contributed by atoms with van der Waals surface area (Å²) in [5, 5.41) is 7.67. The number of halogens is 3. The minimum Gasteiger partial charge on any atom is -0.347 e. The molecule has 0 spiro atoms. The van der Waals surface area contributed by atoms with Gasteiger partial charge >= 0.3 is 0 Å². The van der Waals surface area contributed by atoms with Crippen LogP contribution >= 0.6 is 15.9 Å².